The van der Waals surface area contributed by atoms with E-state index in [4.69, 9.17) is 10.3 Å². The first kappa shape index (κ1) is 12.5. The van der Waals surface area contributed by atoms with E-state index < -0.39 is 0 Å². The van der Waals surface area contributed by atoms with Gasteiger partial charge in [-0.25, -0.2) is 0 Å². The van der Waals surface area contributed by atoms with Gasteiger partial charge in [0.15, 0.2) is 5.82 Å². The van der Waals surface area contributed by atoms with E-state index in [1.54, 1.807) is 0 Å². The summed E-state index contributed by atoms with van der Waals surface area (Å²) in [5, 5.41) is 3.96. The van der Waals surface area contributed by atoms with E-state index in [-0.39, 0.29) is 0 Å². The van der Waals surface area contributed by atoms with E-state index in [9.17, 15) is 0 Å². The number of nitrogens with two attached hydrogens (primary N) is 1. The molecule has 0 spiro atoms. The van der Waals surface area contributed by atoms with E-state index in [1.165, 1.54) is 5.56 Å². The highest BCUT2D eigenvalue weighted by molar-refractivity contribution is 14.1. The van der Waals surface area contributed by atoms with Crippen molar-refractivity contribution in [1.82, 2.24) is 10.1 Å². The molecule has 90 valence electrons. The van der Waals surface area contributed by atoms with Crippen LogP contribution < -0.4 is 5.73 Å². The predicted molar refractivity (Wildman–Crippen MR) is 74.6 cm³/mol. The summed E-state index contributed by atoms with van der Waals surface area (Å²) in [6.45, 7) is 2.71. The van der Waals surface area contributed by atoms with Crippen molar-refractivity contribution in [2.75, 3.05) is 6.54 Å². The van der Waals surface area contributed by atoms with E-state index >= 15 is 0 Å². The molecule has 0 bridgehead atoms. The number of nitrogens with zero attached hydrogens (tertiary/aromatic N) is 2. The van der Waals surface area contributed by atoms with Gasteiger partial charge in [0.25, 0.3) is 5.89 Å². The number of halogens is 1. The maximum atomic E-state index is 5.45. The zero-order chi connectivity index (χ0) is 12.3. The van der Waals surface area contributed by atoms with Gasteiger partial charge in [0.1, 0.15) is 0 Å². The molecule has 2 N–H and O–H groups in total. The molecule has 0 aliphatic carbocycles. The maximum absolute atomic E-state index is 5.45. The van der Waals surface area contributed by atoms with Crippen molar-refractivity contribution in [2.24, 2.45) is 5.73 Å². The molecule has 2 aromatic rings. The van der Waals surface area contributed by atoms with Gasteiger partial charge in [-0.1, -0.05) is 17.3 Å². The average molecular weight is 343 g/mol. The molecule has 1 heterocycles. The second-order valence-corrected chi connectivity index (χ2v) is 4.92. The molecule has 17 heavy (non-hydrogen) atoms. The van der Waals surface area contributed by atoms with Crippen molar-refractivity contribution in [3.05, 3.63) is 33.2 Å². The Morgan fingerprint density at radius 1 is 1.41 bits per heavy atom. The van der Waals surface area contributed by atoms with Crippen LogP contribution in [0.5, 0.6) is 0 Å². The van der Waals surface area contributed by atoms with Gasteiger partial charge in [0.2, 0.25) is 0 Å². The summed E-state index contributed by atoms with van der Waals surface area (Å²) in [6.07, 6.45) is 1.65. The Balaban J connectivity index is 2.27. The number of benzene rings is 1. The first-order valence-corrected chi connectivity index (χ1v) is 6.58. The normalized spacial score (nSPS) is 10.8. The third-order valence-electron chi connectivity index (χ3n) is 2.49. The van der Waals surface area contributed by atoms with Crippen LogP contribution in [-0.4, -0.2) is 16.7 Å². The highest BCUT2D eigenvalue weighted by Crippen LogP contribution is 2.26. The molecule has 0 saturated heterocycles. The van der Waals surface area contributed by atoms with Crippen LogP contribution in [0.2, 0.25) is 0 Å². The van der Waals surface area contributed by atoms with Crippen LogP contribution in [0.4, 0.5) is 0 Å². The molecule has 2 rings (SSSR count). The highest BCUT2D eigenvalue weighted by atomic mass is 127. The van der Waals surface area contributed by atoms with E-state index in [0.717, 1.165) is 27.8 Å². The molecule has 0 unspecified atom stereocenters. The molecule has 0 atom stereocenters. The van der Waals surface area contributed by atoms with Crippen molar-refractivity contribution in [1.29, 1.82) is 0 Å². The van der Waals surface area contributed by atoms with Crippen LogP contribution in [0.3, 0.4) is 0 Å². The lowest BCUT2D eigenvalue weighted by Crippen LogP contribution is -2.01. The molecule has 0 amide bonds. The number of rotatable bonds is 4. The molecular weight excluding hydrogens is 329 g/mol. The third kappa shape index (κ3) is 2.84. The summed E-state index contributed by atoms with van der Waals surface area (Å²) in [4.78, 5) is 4.38. The summed E-state index contributed by atoms with van der Waals surface area (Å²) < 4.78 is 6.43. The molecule has 0 radical (unpaired) electrons. The minimum Gasteiger partial charge on any atom is -0.334 e. The molecule has 1 aromatic heterocycles. The highest BCUT2D eigenvalue weighted by Gasteiger charge is 2.12. The van der Waals surface area contributed by atoms with Crippen molar-refractivity contribution in [3.8, 4) is 11.5 Å². The lowest BCUT2D eigenvalue weighted by Gasteiger charge is -2.01. The Bertz CT molecular complexity index is 510. The van der Waals surface area contributed by atoms with Gasteiger partial charge in [-0.15, -0.1) is 0 Å². The van der Waals surface area contributed by atoms with Crippen molar-refractivity contribution in [3.63, 3.8) is 0 Å². The number of aromatic nitrogens is 2. The fraction of sp³-hybridized carbons (Fsp3) is 0.333. The molecule has 0 saturated carbocycles. The van der Waals surface area contributed by atoms with Gasteiger partial charge in [-0.2, -0.15) is 4.98 Å². The Kier molecular flexibility index (Phi) is 4.11. The summed E-state index contributed by atoms with van der Waals surface area (Å²) in [6, 6.07) is 6.06. The number of hydrogen-bond acceptors (Lipinski definition) is 4. The minimum absolute atomic E-state index is 0.588. The number of hydrogen-bond donors (Lipinski definition) is 1. The number of aryl methyl sites for hydroxylation is 2. The van der Waals surface area contributed by atoms with E-state index in [0.29, 0.717) is 12.4 Å². The maximum Gasteiger partial charge on any atom is 0.259 e. The Labute approximate surface area is 114 Å². The topological polar surface area (TPSA) is 64.9 Å². The van der Waals surface area contributed by atoms with Crippen LogP contribution in [0.15, 0.2) is 22.7 Å². The Morgan fingerprint density at radius 3 is 3.00 bits per heavy atom. The molecule has 4 nitrogen and oxygen atoms in total. The lowest BCUT2D eigenvalue weighted by atomic mass is 10.1. The van der Waals surface area contributed by atoms with Crippen LogP contribution >= 0.6 is 22.6 Å². The standard InChI is InChI=1S/C12H14IN3O/c1-8-4-2-5-9(11(8)13)12-15-10(16-17-12)6-3-7-14/h2,4-5H,3,6-7,14H2,1H3. The van der Waals surface area contributed by atoms with Gasteiger partial charge < -0.3 is 10.3 Å². The van der Waals surface area contributed by atoms with Crippen LogP contribution in [-0.2, 0) is 6.42 Å². The molecule has 0 fully saturated rings. The van der Waals surface area contributed by atoms with Gasteiger partial charge >= 0.3 is 0 Å². The quantitative estimate of drug-likeness (QED) is 0.867. The monoisotopic (exact) mass is 343 g/mol. The molecule has 0 aliphatic rings. The van der Waals surface area contributed by atoms with Crippen molar-refractivity contribution < 1.29 is 4.52 Å². The van der Waals surface area contributed by atoms with Gasteiger partial charge in [0, 0.05) is 9.99 Å². The van der Waals surface area contributed by atoms with E-state index in [1.807, 2.05) is 12.1 Å². The minimum atomic E-state index is 0.588. The molecule has 5 heteroatoms. The second-order valence-electron chi connectivity index (χ2n) is 3.84. The first-order chi connectivity index (χ1) is 8.22. The zero-order valence-corrected chi connectivity index (χ0v) is 11.8. The van der Waals surface area contributed by atoms with Crippen molar-refractivity contribution >= 4 is 22.6 Å². The summed E-state index contributed by atoms with van der Waals surface area (Å²) in [7, 11) is 0. The molecular formula is C12H14IN3O. The summed E-state index contributed by atoms with van der Waals surface area (Å²) in [5.41, 5.74) is 7.66. The van der Waals surface area contributed by atoms with E-state index in [2.05, 4.69) is 45.7 Å². The molecule has 0 aliphatic heterocycles. The van der Waals surface area contributed by atoms with Crippen LogP contribution in [0.1, 0.15) is 17.8 Å². The second kappa shape index (κ2) is 5.59. The van der Waals surface area contributed by atoms with Gasteiger partial charge in [-0.3, -0.25) is 0 Å². The lowest BCUT2D eigenvalue weighted by molar-refractivity contribution is 0.421. The van der Waals surface area contributed by atoms with Gasteiger partial charge in [0.05, 0.1) is 5.56 Å². The Morgan fingerprint density at radius 2 is 2.24 bits per heavy atom. The Hall–Kier alpha value is -0.950. The van der Waals surface area contributed by atoms with Gasteiger partial charge in [-0.05, 0) is 54.1 Å². The zero-order valence-electron chi connectivity index (χ0n) is 9.61. The smallest absolute Gasteiger partial charge is 0.259 e. The molecule has 1 aromatic carbocycles. The van der Waals surface area contributed by atoms with Crippen LogP contribution in [0.25, 0.3) is 11.5 Å². The summed E-state index contributed by atoms with van der Waals surface area (Å²) >= 11 is 2.30. The fourth-order valence-corrected chi connectivity index (χ4v) is 2.13. The summed E-state index contributed by atoms with van der Waals surface area (Å²) in [5.74, 6) is 1.31. The average Bonchev–Trinajstić information content (AvgIpc) is 2.78. The largest absolute Gasteiger partial charge is 0.334 e. The first-order valence-electron chi connectivity index (χ1n) is 5.50. The fourth-order valence-electron chi connectivity index (χ4n) is 1.54. The SMILES string of the molecule is Cc1cccc(-c2nc(CCCN)no2)c1I. The van der Waals surface area contributed by atoms with Crippen molar-refractivity contribution in [2.45, 2.75) is 19.8 Å². The predicted octanol–water partition coefficient (Wildman–Crippen LogP) is 2.54. The van der Waals surface area contributed by atoms with Crippen LogP contribution in [0, 0.1) is 10.5 Å². The third-order valence-corrected chi connectivity index (χ3v) is 3.93.